The van der Waals surface area contributed by atoms with Gasteiger partial charge in [-0.2, -0.15) is 0 Å². The third-order valence-electron chi connectivity index (χ3n) is 3.17. The quantitative estimate of drug-likeness (QED) is 0.584. The number of hydrogen-bond acceptors (Lipinski definition) is 4. The first-order valence-corrected chi connectivity index (χ1v) is 6.99. The molecule has 0 bridgehead atoms. The smallest absolute Gasteiger partial charge is 0.0702 e. The van der Waals surface area contributed by atoms with E-state index < -0.39 is 0 Å². The molecule has 0 aromatic carbocycles. The summed E-state index contributed by atoms with van der Waals surface area (Å²) in [5, 5.41) is 3.40. The van der Waals surface area contributed by atoms with Crippen LogP contribution in [0.1, 0.15) is 26.7 Å². The highest BCUT2D eigenvalue weighted by atomic mass is 16.5. The van der Waals surface area contributed by atoms with E-state index in [4.69, 9.17) is 9.47 Å². The van der Waals surface area contributed by atoms with Gasteiger partial charge in [0, 0.05) is 39.4 Å². The van der Waals surface area contributed by atoms with Crippen molar-refractivity contribution in [1.29, 1.82) is 0 Å². The van der Waals surface area contributed by atoms with Crippen LogP contribution in [-0.4, -0.2) is 63.5 Å². The summed E-state index contributed by atoms with van der Waals surface area (Å²) in [6.07, 6.45) is 2.93. The second-order valence-electron chi connectivity index (χ2n) is 4.48. The molecule has 1 aliphatic rings. The minimum absolute atomic E-state index is 0.471. The van der Waals surface area contributed by atoms with Gasteiger partial charge in [-0.3, -0.25) is 4.90 Å². The molecule has 1 saturated heterocycles. The van der Waals surface area contributed by atoms with E-state index in [1.807, 2.05) is 6.92 Å². The highest BCUT2D eigenvalue weighted by Gasteiger charge is 2.17. The molecule has 0 aliphatic carbocycles. The highest BCUT2D eigenvalue weighted by Crippen LogP contribution is 2.12. The van der Waals surface area contributed by atoms with Crippen LogP contribution in [0.4, 0.5) is 0 Å². The van der Waals surface area contributed by atoms with Crippen molar-refractivity contribution in [2.24, 2.45) is 0 Å². The fourth-order valence-corrected chi connectivity index (χ4v) is 2.11. The Morgan fingerprint density at radius 3 is 2.88 bits per heavy atom. The summed E-state index contributed by atoms with van der Waals surface area (Å²) < 4.78 is 10.9. The van der Waals surface area contributed by atoms with Crippen LogP contribution in [0.3, 0.4) is 0 Å². The summed E-state index contributed by atoms with van der Waals surface area (Å²) in [6, 6.07) is 0. The van der Waals surface area contributed by atoms with Gasteiger partial charge in [-0.15, -0.1) is 0 Å². The summed E-state index contributed by atoms with van der Waals surface area (Å²) in [7, 11) is 0. The lowest BCUT2D eigenvalue weighted by molar-refractivity contribution is 0.0748. The largest absolute Gasteiger partial charge is 0.380 e. The molecule has 1 N–H and O–H groups in total. The predicted octanol–water partition coefficient (Wildman–Crippen LogP) is 1.11. The van der Waals surface area contributed by atoms with Crippen LogP contribution in [0, 0.1) is 0 Å². The summed E-state index contributed by atoms with van der Waals surface area (Å²) >= 11 is 0. The van der Waals surface area contributed by atoms with Crippen LogP contribution in [0.25, 0.3) is 0 Å². The van der Waals surface area contributed by atoms with Crippen molar-refractivity contribution in [1.82, 2.24) is 10.2 Å². The Morgan fingerprint density at radius 2 is 2.24 bits per heavy atom. The van der Waals surface area contributed by atoms with Gasteiger partial charge in [-0.1, -0.05) is 6.92 Å². The standard InChI is InChI=1S/C13H28N2O2/c1-3-15(12-13-6-5-10-17-13)9-7-14-8-11-16-4-2/h13-14H,3-12H2,1-2H3. The molecule has 4 nitrogen and oxygen atoms in total. The van der Waals surface area contributed by atoms with Crippen LogP contribution in [0.2, 0.25) is 0 Å². The van der Waals surface area contributed by atoms with Gasteiger partial charge < -0.3 is 14.8 Å². The molecule has 4 heteroatoms. The zero-order valence-corrected chi connectivity index (χ0v) is 11.4. The van der Waals surface area contributed by atoms with Gasteiger partial charge in [0.05, 0.1) is 12.7 Å². The molecule has 0 aromatic heterocycles. The highest BCUT2D eigenvalue weighted by molar-refractivity contribution is 4.70. The van der Waals surface area contributed by atoms with Gasteiger partial charge >= 0.3 is 0 Å². The number of nitrogens with one attached hydrogen (secondary N) is 1. The van der Waals surface area contributed by atoms with Crippen molar-refractivity contribution in [2.45, 2.75) is 32.8 Å². The topological polar surface area (TPSA) is 33.7 Å². The Balaban J connectivity index is 1.97. The van der Waals surface area contributed by atoms with E-state index in [0.29, 0.717) is 6.10 Å². The molecule has 1 aliphatic heterocycles. The monoisotopic (exact) mass is 244 g/mol. The first kappa shape index (κ1) is 14.9. The third kappa shape index (κ3) is 6.99. The van der Waals surface area contributed by atoms with Crippen LogP contribution in [-0.2, 0) is 9.47 Å². The SMILES string of the molecule is CCOCCNCCN(CC)CC1CCCO1. The molecular weight excluding hydrogens is 216 g/mol. The predicted molar refractivity (Wildman–Crippen MR) is 70.5 cm³/mol. The molecule has 0 radical (unpaired) electrons. The summed E-state index contributed by atoms with van der Waals surface area (Å²) in [5.41, 5.74) is 0. The van der Waals surface area contributed by atoms with E-state index in [-0.39, 0.29) is 0 Å². The minimum atomic E-state index is 0.471. The Labute approximate surface area is 106 Å². The van der Waals surface area contributed by atoms with Gasteiger partial charge in [0.15, 0.2) is 0 Å². The second-order valence-corrected chi connectivity index (χ2v) is 4.48. The Hall–Kier alpha value is -0.160. The Bertz CT molecular complexity index is 173. The minimum Gasteiger partial charge on any atom is -0.380 e. The molecule has 1 unspecified atom stereocenters. The summed E-state index contributed by atoms with van der Waals surface area (Å²) in [5.74, 6) is 0. The maximum atomic E-state index is 5.66. The number of nitrogens with zero attached hydrogens (tertiary/aromatic N) is 1. The molecule has 0 amide bonds. The average molecular weight is 244 g/mol. The average Bonchev–Trinajstić information content (AvgIpc) is 2.85. The number of hydrogen-bond donors (Lipinski definition) is 1. The van der Waals surface area contributed by atoms with E-state index in [1.165, 1.54) is 12.8 Å². The van der Waals surface area contributed by atoms with Crippen molar-refractivity contribution in [2.75, 3.05) is 52.5 Å². The van der Waals surface area contributed by atoms with Gasteiger partial charge in [0.25, 0.3) is 0 Å². The summed E-state index contributed by atoms with van der Waals surface area (Å²) in [6.45, 7) is 12.1. The molecule has 1 rings (SSSR count). The fourth-order valence-electron chi connectivity index (χ4n) is 2.11. The lowest BCUT2D eigenvalue weighted by Gasteiger charge is -2.23. The van der Waals surface area contributed by atoms with Crippen LogP contribution in [0.15, 0.2) is 0 Å². The maximum Gasteiger partial charge on any atom is 0.0702 e. The molecule has 102 valence electrons. The lowest BCUT2D eigenvalue weighted by Crippen LogP contribution is -2.37. The Morgan fingerprint density at radius 1 is 1.35 bits per heavy atom. The molecule has 1 atom stereocenters. The molecule has 1 heterocycles. The molecule has 17 heavy (non-hydrogen) atoms. The first-order valence-electron chi connectivity index (χ1n) is 6.99. The Kier molecular flexibility index (Phi) is 8.61. The normalized spacial score (nSPS) is 20.3. The maximum absolute atomic E-state index is 5.66. The van der Waals surface area contributed by atoms with Crippen LogP contribution >= 0.6 is 0 Å². The summed E-state index contributed by atoms with van der Waals surface area (Å²) in [4.78, 5) is 2.46. The molecule has 1 fully saturated rings. The molecule has 0 saturated carbocycles. The lowest BCUT2D eigenvalue weighted by atomic mass is 10.2. The van der Waals surface area contributed by atoms with E-state index >= 15 is 0 Å². The van der Waals surface area contributed by atoms with Gasteiger partial charge in [0.1, 0.15) is 0 Å². The number of ether oxygens (including phenoxy) is 2. The zero-order valence-electron chi connectivity index (χ0n) is 11.4. The zero-order chi connectivity index (χ0) is 12.3. The van der Waals surface area contributed by atoms with E-state index in [9.17, 15) is 0 Å². The molecule has 0 aromatic rings. The number of rotatable bonds is 10. The van der Waals surface area contributed by atoms with Crippen molar-refractivity contribution in [3.8, 4) is 0 Å². The van der Waals surface area contributed by atoms with E-state index in [1.54, 1.807) is 0 Å². The van der Waals surface area contributed by atoms with Crippen molar-refractivity contribution in [3.05, 3.63) is 0 Å². The first-order chi connectivity index (χ1) is 8.36. The fraction of sp³-hybridized carbons (Fsp3) is 1.00. The van der Waals surface area contributed by atoms with Crippen molar-refractivity contribution >= 4 is 0 Å². The van der Waals surface area contributed by atoms with Crippen molar-refractivity contribution < 1.29 is 9.47 Å². The van der Waals surface area contributed by atoms with E-state index in [0.717, 1.165) is 52.5 Å². The van der Waals surface area contributed by atoms with Crippen LogP contribution < -0.4 is 5.32 Å². The third-order valence-corrected chi connectivity index (χ3v) is 3.17. The van der Waals surface area contributed by atoms with Gasteiger partial charge in [-0.25, -0.2) is 0 Å². The van der Waals surface area contributed by atoms with Gasteiger partial charge in [-0.05, 0) is 26.3 Å². The van der Waals surface area contributed by atoms with Gasteiger partial charge in [0.2, 0.25) is 0 Å². The van der Waals surface area contributed by atoms with E-state index in [2.05, 4.69) is 17.1 Å². The second kappa shape index (κ2) is 9.83. The van der Waals surface area contributed by atoms with Crippen molar-refractivity contribution in [3.63, 3.8) is 0 Å². The molecular formula is C13H28N2O2. The van der Waals surface area contributed by atoms with Crippen LogP contribution in [0.5, 0.6) is 0 Å². The molecule has 0 spiro atoms. The number of likely N-dealkylation sites (N-methyl/N-ethyl adjacent to an activating group) is 1.